The van der Waals surface area contributed by atoms with Crippen molar-refractivity contribution in [2.45, 2.75) is 31.8 Å². The van der Waals surface area contributed by atoms with Gasteiger partial charge < -0.3 is 9.88 Å². The monoisotopic (exact) mass is 466 g/mol. The second-order valence-corrected chi connectivity index (χ2v) is 8.81. The van der Waals surface area contributed by atoms with Crippen molar-refractivity contribution in [1.29, 1.82) is 0 Å². The Kier molecular flexibility index (Phi) is 6.39. The van der Waals surface area contributed by atoms with Gasteiger partial charge in [-0.15, -0.1) is 11.8 Å². The standard InChI is InChI=1S/C24H23ClN4O2S/c1-15-20-12-26-29(14-22(30)27-18-8-6-9-19(11-18)32-3)24(31)23(20)16(2)28(15)13-17-7-4-5-10-21(17)25/h4-12H,13-14H2,1-3H3,(H,27,30). The number of amides is 1. The molecule has 0 aliphatic carbocycles. The van der Waals surface area contributed by atoms with Crippen LogP contribution in [-0.4, -0.2) is 26.5 Å². The Labute approximate surface area is 195 Å². The Morgan fingerprint density at radius 2 is 1.91 bits per heavy atom. The third-order valence-electron chi connectivity index (χ3n) is 5.54. The summed E-state index contributed by atoms with van der Waals surface area (Å²) in [5.74, 6) is -0.304. The molecule has 0 bridgehead atoms. The van der Waals surface area contributed by atoms with E-state index in [1.165, 1.54) is 4.68 Å². The Bertz CT molecular complexity index is 1380. The summed E-state index contributed by atoms with van der Waals surface area (Å²) < 4.78 is 3.27. The van der Waals surface area contributed by atoms with E-state index in [2.05, 4.69) is 15.0 Å². The highest BCUT2D eigenvalue weighted by Gasteiger charge is 2.18. The number of hydrogen-bond acceptors (Lipinski definition) is 4. The number of carbonyl (C=O) groups is 1. The second kappa shape index (κ2) is 9.22. The number of fused-ring (bicyclic) bond motifs is 1. The number of aromatic nitrogens is 3. The first kappa shape index (κ1) is 22.2. The molecule has 0 aliphatic rings. The van der Waals surface area contributed by atoms with Gasteiger partial charge in [0.15, 0.2) is 0 Å². The van der Waals surface area contributed by atoms with Crippen molar-refractivity contribution in [2.75, 3.05) is 11.6 Å². The summed E-state index contributed by atoms with van der Waals surface area (Å²) in [6.07, 6.45) is 3.63. The normalized spacial score (nSPS) is 11.1. The van der Waals surface area contributed by atoms with Gasteiger partial charge >= 0.3 is 0 Å². The fraction of sp³-hybridized carbons (Fsp3) is 0.208. The Hall–Kier alpha value is -3.03. The van der Waals surface area contributed by atoms with E-state index in [1.807, 2.05) is 68.6 Å². The fourth-order valence-electron chi connectivity index (χ4n) is 3.83. The second-order valence-electron chi connectivity index (χ2n) is 7.52. The average molecular weight is 467 g/mol. The molecule has 0 saturated carbocycles. The minimum absolute atomic E-state index is 0.160. The zero-order valence-corrected chi connectivity index (χ0v) is 19.6. The zero-order valence-electron chi connectivity index (χ0n) is 18.1. The van der Waals surface area contributed by atoms with Crippen LogP contribution in [0.2, 0.25) is 5.02 Å². The van der Waals surface area contributed by atoms with Gasteiger partial charge in [-0.3, -0.25) is 9.59 Å². The minimum Gasteiger partial charge on any atom is -0.343 e. The number of halogens is 1. The van der Waals surface area contributed by atoms with Crippen molar-refractivity contribution in [3.05, 3.63) is 87.1 Å². The number of anilines is 1. The van der Waals surface area contributed by atoms with E-state index in [0.717, 1.165) is 27.2 Å². The quantitative estimate of drug-likeness (QED) is 0.411. The highest BCUT2D eigenvalue weighted by molar-refractivity contribution is 7.98. The summed E-state index contributed by atoms with van der Waals surface area (Å²) in [6, 6.07) is 15.2. The SMILES string of the molecule is CSc1cccc(NC(=O)Cn2ncc3c(C)n(Cc4ccccc4Cl)c(C)c3c2=O)c1. The maximum absolute atomic E-state index is 13.2. The van der Waals surface area contributed by atoms with Crippen molar-refractivity contribution in [2.24, 2.45) is 0 Å². The molecule has 0 saturated heterocycles. The van der Waals surface area contributed by atoms with Crippen LogP contribution >= 0.6 is 23.4 Å². The molecule has 1 N–H and O–H groups in total. The van der Waals surface area contributed by atoms with Gasteiger partial charge in [0.1, 0.15) is 6.54 Å². The predicted molar refractivity (Wildman–Crippen MR) is 131 cm³/mol. The highest BCUT2D eigenvalue weighted by atomic mass is 35.5. The van der Waals surface area contributed by atoms with Crippen LogP contribution < -0.4 is 10.9 Å². The Morgan fingerprint density at radius 1 is 1.12 bits per heavy atom. The van der Waals surface area contributed by atoms with Gasteiger partial charge in [-0.1, -0.05) is 35.9 Å². The third kappa shape index (κ3) is 4.31. The van der Waals surface area contributed by atoms with Gasteiger partial charge in [-0.2, -0.15) is 5.10 Å². The number of nitrogens with zero attached hydrogens (tertiary/aromatic N) is 3. The summed E-state index contributed by atoms with van der Waals surface area (Å²) in [6.45, 7) is 4.26. The van der Waals surface area contributed by atoms with Crippen molar-refractivity contribution >= 4 is 45.7 Å². The molecule has 1 amide bonds. The first-order valence-corrected chi connectivity index (χ1v) is 11.7. The molecule has 0 radical (unpaired) electrons. The van der Waals surface area contributed by atoms with E-state index in [0.29, 0.717) is 22.6 Å². The lowest BCUT2D eigenvalue weighted by atomic mass is 10.2. The van der Waals surface area contributed by atoms with Crippen LogP contribution in [0.4, 0.5) is 5.69 Å². The van der Waals surface area contributed by atoms with Crippen LogP contribution in [0.5, 0.6) is 0 Å². The zero-order chi connectivity index (χ0) is 22.8. The summed E-state index contributed by atoms with van der Waals surface area (Å²) in [7, 11) is 0. The van der Waals surface area contributed by atoms with Gasteiger partial charge in [-0.25, -0.2) is 4.68 Å². The number of nitrogens with one attached hydrogen (secondary N) is 1. The molecule has 0 spiro atoms. The van der Waals surface area contributed by atoms with Gasteiger partial charge in [0.2, 0.25) is 5.91 Å². The predicted octanol–water partition coefficient (Wildman–Crippen LogP) is 4.88. The lowest BCUT2D eigenvalue weighted by molar-refractivity contribution is -0.117. The van der Waals surface area contributed by atoms with Crippen LogP contribution in [-0.2, 0) is 17.9 Å². The van der Waals surface area contributed by atoms with Crippen molar-refractivity contribution in [3.63, 3.8) is 0 Å². The van der Waals surface area contributed by atoms with Crippen molar-refractivity contribution in [3.8, 4) is 0 Å². The maximum Gasteiger partial charge on any atom is 0.276 e. The van der Waals surface area contributed by atoms with Gasteiger partial charge in [0.25, 0.3) is 5.56 Å². The Morgan fingerprint density at radius 3 is 2.66 bits per heavy atom. The molecule has 0 aliphatic heterocycles. The highest BCUT2D eigenvalue weighted by Crippen LogP contribution is 2.25. The fourth-order valence-corrected chi connectivity index (χ4v) is 4.48. The Balaban J connectivity index is 1.63. The van der Waals surface area contributed by atoms with Crippen LogP contribution in [0, 0.1) is 13.8 Å². The maximum atomic E-state index is 13.2. The van der Waals surface area contributed by atoms with Crippen LogP contribution in [0.1, 0.15) is 17.0 Å². The number of carbonyl (C=O) groups excluding carboxylic acids is 1. The lowest BCUT2D eigenvalue weighted by Gasteiger charge is -2.10. The van der Waals surface area contributed by atoms with Gasteiger partial charge in [-0.05, 0) is 49.9 Å². The van der Waals surface area contributed by atoms with Crippen molar-refractivity contribution < 1.29 is 4.79 Å². The molecule has 8 heteroatoms. The largest absolute Gasteiger partial charge is 0.343 e. The molecule has 4 rings (SSSR count). The minimum atomic E-state index is -0.304. The molecule has 0 unspecified atom stereocenters. The average Bonchev–Trinajstić information content (AvgIpc) is 3.02. The molecule has 0 fully saturated rings. The molecule has 0 atom stereocenters. The summed E-state index contributed by atoms with van der Waals surface area (Å²) >= 11 is 7.93. The molecule has 164 valence electrons. The summed E-state index contributed by atoms with van der Waals surface area (Å²) in [5, 5.41) is 9.13. The van der Waals surface area contributed by atoms with Gasteiger partial charge in [0, 0.05) is 38.9 Å². The molecule has 2 aromatic heterocycles. The number of hydrogen-bond donors (Lipinski definition) is 1. The summed E-state index contributed by atoms with van der Waals surface area (Å²) in [4.78, 5) is 26.8. The van der Waals surface area contributed by atoms with Crippen LogP contribution in [0.3, 0.4) is 0 Å². The van der Waals surface area contributed by atoms with E-state index in [1.54, 1.807) is 18.0 Å². The van der Waals surface area contributed by atoms with Crippen molar-refractivity contribution in [1.82, 2.24) is 14.3 Å². The van der Waals surface area contributed by atoms with E-state index in [4.69, 9.17) is 11.6 Å². The number of aryl methyl sites for hydroxylation is 2. The van der Waals surface area contributed by atoms with E-state index < -0.39 is 0 Å². The smallest absolute Gasteiger partial charge is 0.276 e. The number of thioether (sulfide) groups is 1. The van der Waals surface area contributed by atoms with E-state index in [9.17, 15) is 9.59 Å². The third-order valence-corrected chi connectivity index (χ3v) is 6.63. The summed E-state index contributed by atoms with van der Waals surface area (Å²) in [5.41, 5.74) is 3.14. The molecule has 2 heterocycles. The topological polar surface area (TPSA) is 68.9 Å². The van der Waals surface area contributed by atoms with Crippen LogP contribution in [0.15, 0.2) is 64.4 Å². The first-order valence-electron chi connectivity index (χ1n) is 10.1. The molecular weight excluding hydrogens is 444 g/mol. The molecular formula is C24H23ClN4O2S. The molecule has 2 aromatic carbocycles. The lowest BCUT2D eigenvalue weighted by Crippen LogP contribution is -2.29. The first-order chi connectivity index (χ1) is 15.4. The number of benzene rings is 2. The molecule has 6 nitrogen and oxygen atoms in total. The number of rotatable bonds is 6. The van der Waals surface area contributed by atoms with Crippen LogP contribution in [0.25, 0.3) is 10.8 Å². The van der Waals surface area contributed by atoms with E-state index in [-0.39, 0.29) is 18.0 Å². The van der Waals surface area contributed by atoms with E-state index >= 15 is 0 Å². The van der Waals surface area contributed by atoms with Gasteiger partial charge in [0.05, 0.1) is 11.6 Å². The molecule has 32 heavy (non-hydrogen) atoms. The molecule has 4 aromatic rings.